The molecule has 2 aromatic rings. The zero-order valence-electron chi connectivity index (χ0n) is 18.2. The van der Waals surface area contributed by atoms with E-state index in [4.69, 9.17) is 9.52 Å². The molecule has 0 saturated carbocycles. The number of aliphatic imine (C=N–C) groups is 1. The molecule has 11 heteroatoms. The van der Waals surface area contributed by atoms with Gasteiger partial charge in [0, 0.05) is 59.4 Å². The molecule has 31 heavy (non-hydrogen) atoms. The number of hydrogen-bond donors (Lipinski definition) is 1. The first-order valence-electron chi connectivity index (χ1n) is 10.1. The number of rotatable bonds is 7. The van der Waals surface area contributed by atoms with Gasteiger partial charge in [-0.3, -0.25) is 4.90 Å². The summed E-state index contributed by atoms with van der Waals surface area (Å²) in [5.41, 5.74) is 1.62. The normalized spacial score (nSPS) is 15.7. The van der Waals surface area contributed by atoms with Crippen LogP contribution in [-0.4, -0.2) is 80.5 Å². The Morgan fingerprint density at radius 2 is 1.90 bits per heavy atom. The molecule has 0 unspecified atom stereocenters. The lowest BCUT2D eigenvalue weighted by atomic mass is 10.2. The van der Waals surface area contributed by atoms with Crippen molar-refractivity contribution in [3.05, 3.63) is 47.9 Å². The average Bonchev–Trinajstić information content (AvgIpc) is 3.25. The van der Waals surface area contributed by atoms with Crippen molar-refractivity contribution in [1.29, 1.82) is 0 Å². The van der Waals surface area contributed by atoms with Gasteiger partial charge in [0.2, 0.25) is 10.0 Å². The van der Waals surface area contributed by atoms with Gasteiger partial charge in [-0.05, 0) is 18.6 Å². The fourth-order valence-corrected chi connectivity index (χ4v) is 4.44. The molecule has 3 rings (SSSR count). The highest BCUT2D eigenvalue weighted by molar-refractivity contribution is 14.0. The van der Waals surface area contributed by atoms with Gasteiger partial charge >= 0.3 is 0 Å². The van der Waals surface area contributed by atoms with Gasteiger partial charge in [0.15, 0.2) is 5.96 Å². The van der Waals surface area contributed by atoms with Crippen LogP contribution in [0.2, 0.25) is 0 Å². The maximum Gasteiger partial charge on any atom is 0.242 e. The fourth-order valence-electron chi connectivity index (χ4n) is 3.33. The van der Waals surface area contributed by atoms with E-state index in [1.165, 1.54) is 18.4 Å². The average molecular weight is 562 g/mol. The molecule has 0 atom stereocenters. The van der Waals surface area contributed by atoms with Crippen LogP contribution in [0.5, 0.6) is 0 Å². The summed E-state index contributed by atoms with van der Waals surface area (Å²) in [6, 6.07) is 8.92. The van der Waals surface area contributed by atoms with Crippen molar-refractivity contribution in [2.75, 3.05) is 46.8 Å². The molecular weight excluding hydrogens is 531 g/mol. The molecule has 0 radical (unpaired) electrons. The lowest BCUT2D eigenvalue weighted by Crippen LogP contribution is -2.52. The van der Waals surface area contributed by atoms with Crippen LogP contribution in [0.3, 0.4) is 0 Å². The van der Waals surface area contributed by atoms with Crippen LogP contribution in [-0.2, 0) is 23.1 Å². The number of aromatic nitrogens is 1. The molecule has 9 nitrogen and oxygen atoms in total. The first-order valence-corrected chi connectivity index (χ1v) is 11.5. The van der Waals surface area contributed by atoms with Crippen molar-refractivity contribution in [3.8, 4) is 0 Å². The van der Waals surface area contributed by atoms with Gasteiger partial charge < -0.3 is 14.7 Å². The summed E-state index contributed by atoms with van der Waals surface area (Å²) in [4.78, 5) is 9.59. The molecule has 1 aromatic heterocycles. The number of piperazine rings is 1. The summed E-state index contributed by atoms with van der Waals surface area (Å²) in [7, 11) is -0.436. The van der Waals surface area contributed by atoms with E-state index in [-0.39, 0.29) is 24.0 Å². The zero-order valence-corrected chi connectivity index (χ0v) is 21.3. The van der Waals surface area contributed by atoms with Gasteiger partial charge in [-0.15, -0.1) is 24.0 Å². The highest BCUT2D eigenvalue weighted by atomic mass is 127. The van der Waals surface area contributed by atoms with Gasteiger partial charge in [0.1, 0.15) is 6.26 Å². The fraction of sp³-hybridized carbons (Fsp3) is 0.500. The molecule has 1 fully saturated rings. The lowest BCUT2D eigenvalue weighted by molar-refractivity contribution is 0.169. The van der Waals surface area contributed by atoms with Crippen LogP contribution >= 0.6 is 24.0 Å². The van der Waals surface area contributed by atoms with Gasteiger partial charge in [0.25, 0.3) is 0 Å². The van der Waals surface area contributed by atoms with Crippen LogP contribution in [0.4, 0.5) is 0 Å². The Morgan fingerprint density at radius 1 is 1.19 bits per heavy atom. The van der Waals surface area contributed by atoms with Gasteiger partial charge in [0.05, 0.1) is 17.1 Å². The molecule has 0 spiro atoms. The quantitative estimate of drug-likeness (QED) is 0.313. The maximum absolute atomic E-state index is 12.6. The Bertz CT molecular complexity index is 942. The third kappa shape index (κ3) is 6.64. The van der Waals surface area contributed by atoms with Crippen LogP contribution in [0.15, 0.2) is 51.0 Å². The summed E-state index contributed by atoms with van der Waals surface area (Å²) in [6.45, 7) is 7.29. The number of sulfonamides is 1. The Kier molecular flexibility index (Phi) is 9.72. The number of halogens is 1. The summed E-state index contributed by atoms with van der Waals surface area (Å²) in [5, 5.41) is 7.31. The first-order chi connectivity index (χ1) is 14.4. The van der Waals surface area contributed by atoms with Crippen molar-refractivity contribution < 1.29 is 12.9 Å². The standard InChI is InChI=1S/C20H30N6O3S.HI/c1-4-21-20(26-12-10-25(11-13-26)16-18-9-14-29-23-18)22-15-17-7-5-6-8-19(17)30(27,28)24(2)3;/h5-9,14H,4,10-13,15-16H2,1-3H3,(H,21,22);1H. The Labute approximate surface area is 201 Å². The predicted octanol–water partition coefficient (Wildman–Crippen LogP) is 1.83. The SMILES string of the molecule is CCNC(=NCc1ccccc1S(=O)(=O)N(C)C)N1CCN(Cc2ccon2)CC1.I. The molecule has 0 aliphatic carbocycles. The number of benzene rings is 1. The van der Waals surface area contributed by atoms with Crippen molar-refractivity contribution >= 4 is 40.0 Å². The Balaban J connectivity index is 0.00000341. The number of hydrogen-bond acceptors (Lipinski definition) is 6. The Hall–Kier alpha value is -1.70. The van der Waals surface area contributed by atoms with Crippen LogP contribution in [0.1, 0.15) is 18.2 Å². The topological polar surface area (TPSA) is 94.3 Å². The summed E-state index contributed by atoms with van der Waals surface area (Å²) in [6.07, 6.45) is 1.59. The lowest BCUT2D eigenvalue weighted by Gasteiger charge is -2.36. The van der Waals surface area contributed by atoms with Gasteiger partial charge in [-0.2, -0.15) is 0 Å². The van der Waals surface area contributed by atoms with Crippen LogP contribution in [0.25, 0.3) is 0 Å². The van der Waals surface area contributed by atoms with Crippen molar-refractivity contribution in [3.63, 3.8) is 0 Å². The van der Waals surface area contributed by atoms with E-state index < -0.39 is 10.0 Å². The van der Waals surface area contributed by atoms with Gasteiger partial charge in [-0.1, -0.05) is 23.4 Å². The third-order valence-electron chi connectivity index (χ3n) is 5.01. The second-order valence-electron chi connectivity index (χ2n) is 7.32. The number of nitrogens with one attached hydrogen (secondary N) is 1. The molecule has 1 aliphatic rings. The van der Waals surface area contributed by atoms with Crippen LogP contribution in [0, 0.1) is 0 Å². The predicted molar refractivity (Wildman–Crippen MR) is 131 cm³/mol. The van der Waals surface area contributed by atoms with E-state index >= 15 is 0 Å². The van der Waals surface area contributed by atoms with E-state index in [0.29, 0.717) is 17.0 Å². The highest BCUT2D eigenvalue weighted by Crippen LogP contribution is 2.19. The van der Waals surface area contributed by atoms with Crippen molar-refractivity contribution in [2.45, 2.75) is 24.9 Å². The highest BCUT2D eigenvalue weighted by Gasteiger charge is 2.22. The second kappa shape index (κ2) is 11.8. The molecule has 1 aromatic carbocycles. The maximum atomic E-state index is 12.6. The summed E-state index contributed by atoms with van der Waals surface area (Å²) < 4.78 is 31.4. The third-order valence-corrected chi connectivity index (χ3v) is 6.93. The smallest absolute Gasteiger partial charge is 0.242 e. The van der Waals surface area contributed by atoms with Gasteiger partial charge in [-0.25, -0.2) is 17.7 Å². The van der Waals surface area contributed by atoms with Crippen LogP contribution < -0.4 is 5.32 Å². The van der Waals surface area contributed by atoms with E-state index in [0.717, 1.165) is 50.9 Å². The monoisotopic (exact) mass is 562 g/mol. The zero-order chi connectivity index (χ0) is 21.6. The summed E-state index contributed by atoms with van der Waals surface area (Å²) in [5.74, 6) is 0.802. The minimum Gasteiger partial charge on any atom is -0.364 e. The minimum atomic E-state index is -3.52. The van der Waals surface area contributed by atoms with Crippen molar-refractivity contribution in [2.24, 2.45) is 4.99 Å². The second-order valence-corrected chi connectivity index (χ2v) is 9.44. The molecule has 0 bridgehead atoms. The summed E-state index contributed by atoms with van der Waals surface area (Å²) >= 11 is 0. The van der Waals surface area contributed by atoms with E-state index in [1.54, 1.807) is 18.4 Å². The first kappa shape index (κ1) is 25.6. The molecule has 1 saturated heterocycles. The number of guanidine groups is 1. The van der Waals surface area contributed by atoms with Crippen molar-refractivity contribution in [1.82, 2.24) is 24.6 Å². The molecule has 1 aliphatic heterocycles. The molecule has 0 amide bonds. The molecular formula is C20H31IN6O3S. The number of nitrogens with zero attached hydrogens (tertiary/aromatic N) is 5. The van der Waals surface area contributed by atoms with E-state index in [1.807, 2.05) is 25.1 Å². The molecule has 1 N–H and O–H groups in total. The minimum absolute atomic E-state index is 0. The molecule has 2 heterocycles. The Morgan fingerprint density at radius 3 is 2.52 bits per heavy atom. The molecule has 172 valence electrons. The van der Waals surface area contributed by atoms with E-state index in [2.05, 4.69) is 20.3 Å². The largest absolute Gasteiger partial charge is 0.364 e. The van der Waals surface area contributed by atoms with E-state index in [9.17, 15) is 8.42 Å².